The molecule has 2 N–H and O–H groups in total. The van der Waals surface area contributed by atoms with Gasteiger partial charge < -0.3 is 9.88 Å². The summed E-state index contributed by atoms with van der Waals surface area (Å²) in [5.74, 6) is 0.814. The van der Waals surface area contributed by atoms with Crippen LogP contribution in [0.5, 0.6) is 0 Å². The van der Waals surface area contributed by atoms with E-state index in [1.165, 1.54) is 50.2 Å². The number of hydrogen-bond donors (Lipinski definition) is 2. The Bertz CT molecular complexity index is 1920. The number of urea groups is 1. The van der Waals surface area contributed by atoms with Crippen LogP contribution in [0, 0.1) is 24.7 Å². The number of carbonyl (C=O) groups is 4. The summed E-state index contributed by atoms with van der Waals surface area (Å²) in [7, 11) is 0. The molecule has 9 rings (SSSR count). The summed E-state index contributed by atoms with van der Waals surface area (Å²) in [5, 5.41) is 6.07. The van der Waals surface area contributed by atoms with Crippen molar-refractivity contribution in [2.45, 2.75) is 57.4 Å². The van der Waals surface area contributed by atoms with Crippen molar-refractivity contribution in [2.75, 3.05) is 10.2 Å². The maximum atomic E-state index is 13.8. The van der Waals surface area contributed by atoms with E-state index in [9.17, 15) is 19.2 Å². The molecule has 5 amide bonds. The van der Waals surface area contributed by atoms with Crippen molar-refractivity contribution in [2.24, 2.45) is 17.8 Å². The zero-order valence-electron chi connectivity index (χ0n) is 25.8. The van der Waals surface area contributed by atoms with Crippen molar-refractivity contribution < 1.29 is 19.2 Å². The number of aryl methyl sites for hydroxylation is 1. The van der Waals surface area contributed by atoms with Gasteiger partial charge in [-0.25, -0.2) is 9.69 Å². The zero-order chi connectivity index (χ0) is 31.6. The van der Waals surface area contributed by atoms with Gasteiger partial charge in [-0.3, -0.25) is 19.7 Å². The summed E-state index contributed by atoms with van der Waals surface area (Å²) < 4.78 is 1.80. The molecule has 1 aromatic heterocycles. The molecular formula is C38H36N4O4. The average Bonchev–Trinajstić information content (AvgIpc) is 3.35. The van der Waals surface area contributed by atoms with Crippen molar-refractivity contribution in [3.05, 3.63) is 101 Å². The van der Waals surface area contributed by atoms with Crippen LogP contribution >= 0.6 is 0 Å². The minimum absolute atomic E-state index is 0.0401. The van der Waals surface area contributed by atoms with Crippen LogP contribution in [-0.2, 0) is 26.3 Å². The number of rotatable bonds is 6. The van der Waals surface area contributed by atoms with Gasteiger partial charge in [-0.2, -0.15) is 0 Å². The molecule has 1 saturated heterocycles. The molecule has 8 heteroatoms. The highest BCUT2D eigenvalue weighted by Gasteiger charge is 2.51. The molecule has 0 atom stereocenters. The van der Waals surface area contributed by atoms with Crippen LogP contribution in [0.2, 0.25) is 0 Å². The van der Waals surface area contributed by atoms with Crippen molar-refractivity contribution in [3.8, 4) is 0 Å². The molecule has 2 heterocycles. The van der Waals surface area contributed by atoms with E-state index < -0.39 is 17.8 Å². The quantitative estimate of drug-likeness (QED) is 0.186. The van der Waals surface area contributed by atoms with Crippen molar-refractivity contribution in [1.82, 2.24) is 9.88 Å². The molecule has 46 heavy (non-hydrogen) atoms. The molecule has 4 aromatic rings. The summed E-state index contributed by atoms with van der Waals surface area (Å²) >= 11 is 0. The fourth-order valence-corrected chi connectivity index (χ4v) is 9.07. The van der Waals surface area contributed by atoms with Gasteiger partial charge in [0.1, 0.15) is 12.1 Å². The van der Waals surface area contributed by atoms with Crippen LogP contribution < -0.4 is 15.5 Å². The Kier molecular flexibility index (Phi) is 6.71. The number of barbiturate groups is 1. The molecule has 0 unspecified atom stereocenters. The summed E-state index contributed by atoms with van der Waals surface area (Å²) in [6.07, 6.45) is 11.0. The monoisotopic (exact) mass is 612 g/mol. The van der Waals surface area contributed by atoms with Crippen molar-refractivity contribution in [1.29, 1.82) is 0 Å². The minimum atomic E-state index is -0.759. The third kappa shape index (κ3) is 4.92. The highest BCUT2D eigenvalue weighted by Crippen LogP contribution is 2.60. The maximum Gasteiger partial charge on any atom is 0.335 e. The SMILES string of the molecule is Cc1cccc(NC(=O)Cn2cc(/C=C3\C(=O)NC(=O)N(c4ccc(C56CC7CC(CC(C7)C5)C6)cc4)C3=O)c3ccccc32)c1. The third-order valence-electron chi connectivity index (χ3n) is 10.6. The van der Waals surface area contributed by atoms with Crippen LogP contribution in [0.4, 0.5) is 16.2 Å². The lowest BCUT2D eigenvalue weighted by Gasteiger charge is -2.57. The second-order valence-corrected chi connectivity index (χ2v) is 13.8. The van der Waals surface area contributed by atoms with Gasteiger partial charge in [-0.1, -0.05) is 42.5 Å². The number of anilines is 2. The molecule has 0 spiro atoms. The van der Waals surface area contributed by atoms with Crippen LogP contribution in [0.1, 0.15) is 55.2 Å². The molecule has 4 bridgehead atoms. The Balaban J connectivity index is 1.07. The van der Waals surface area contributed by atoms with Gasteiger partial charge in [0.15, 0.2) is 0 Å². The van der Waals surface area contributed by atoms with Crippen molar-refractivity contribution >= 4 is 52.1 Å². The van der Waals surface area contributed by atoms with Crippen LogP contribution in [0.25, 0.3) is 17.0 Å². The fraction of sp³-hybridized carbons (Fsp3) is 0.316. The Morgan fingerprint density at radius 1 is 0.913 bits per heavy atom. The molecule has 1 aliphatic heterocycles. The number of fused-ring (bicyclic) bond motifs is 1. The number of amides is 5. The van der Waals surface area contributed by atoms with E-state index in [1.54, 1.807) is 10.8 Å². The molecule has 5 fully saturated rings. The van der Waals surface area contributed by atoms with Crippen molar-refractivity contribution in [3.63, 3.8) is 0 Å². The van der Waals surface area contributed by atoms with Gasteiger partial charge in [-0.15, -0.1) is 0 Å². The molecule has 4 saturated carbocycles. The van der Waals surface area contributed by atoms with E-state index in [0.717, 1.165) is 39.1 Å². The second-order valence-electron chi connectivity index (χ2n) is 13.8. The van der Waals surface area contributed by atoms with Gasteiger partial charge in [0.25, 0.3) is 11.8 Å². The first-order valence-electron chi connectivity index (χ1n) is 16.2. The number of nitrogens with one attached hydrogen (secondary N) is 2. The lowest BCUT2D eigenvalue weighted by Crippen LogP contribution is -2.54. The van der Waals surface area contributed by atoms with E-state index in [4.69, 9.17) is 0 Å². The highest BCUT2D eigenvalue weighted by atomic mass is 16.2. The first-order valence-corrected chi connectivity index (χ1v) is 16.2. The highest BCUT2D eigenvalue weighted by molar-refractivity contribution is 6.39. The summed E-state index contributed by atoms with van der Waals surface area (Å²) in [4.78, 5) is 53.9. The van der Waals surface area contributed by atoms with Gasteiger partial charge in [0.2, 0.25) is 5.91 Å². The van der Waals surface area contributed by atoms with Crippen LogP contribution in [0.15, 0.2) is 84.6 Å². The topological polar surface area (TPSA) is 101 Å². The standard InChI is InChI=1S/C38H36N4O4/c1-23-5-4-6-29(13-23)39-34(43)22-41-21-27(31-7-2-3-8-33(31)41)17-32-35(44)40-37(46)42(36(32)45)30-11-9-28(10-12-30)38-18-24-14-25(19-38)16-26(15-24)20-38/h2-13,17,21,24-26H,14-16,18-20,22H2,1H3,(H,39,43)(H,40,44,46)/b32-17+. The Labute approximate surface area is 267 Å². The smallest absolute Gasteiger partial charge is 0.335 e. The molecule has 3 aromatic carbocycles. The Hall–Kier alpha value is -4.98. The number of hydrogen-bond acceptors (Lipinski definition) is 4. The number of benzene rings is 3. The number of aromatic nitrogens is 1. The molecule has 5 aliphatic rings. The average molecular weight is 613 g/mol. The first kappa shape index (κ1) is 28.5. The Morgan fingerprint density at radius 3 is 2.30 bits per heavy atom. The molecule has 232 valence electrons. The van der Waals surface area contributed by atoms with Gasteiger partial charge in [0, 0.05) is 28.4 Å². The second kappa shape index (κ2) is 10.8. The van der Waals surface area contributed by atoms with E-state index in [0.29, 0.717) is 16.9 Å². The molecule has 8 nitrogen and oxygen atoms in total. The first-order chi connectivity index (χ1) is 22.2. The number of imide groups is 2. The Morgan fingerprint density at radius 2 is 1.61 bits per heavy atom. The predicted octanol–water partition coefficient (Wildman–Crippen LogP) is 6.72. The van der Waals surface area contributed by atoms with E-state index in [1.807, 2.05) is 67.6 Å². The van der Waals surface area contributed by atoms with Gasteiger partial charge in [-0.05, 0) is 116 Å². The zero-order valence-corrected chi connectivity index (χ0v) is 25.8. The van der Waals surface area contributed by atoms with Gasteiger partial charge in [0.05, 0.1) is 5.69 Å². The molecule has 0 radical (unpaired) electrons. The number of nitrogens with zero attached hydrogens (tertiary/aromatic N) is 2. The van der Waals surface area contributed by atoms with Crippen LogP contribution in [0.3, 0.4) is 0 Å². The number of carbonyl (C=O) groups excluding carboxylic acids is 4. The third-order valence-corrected chi connectivity index (χ3v) is 10.6. The summed E-state index contributed by atoms with van der Waals surface area (Å²) in [6, 6.07) is 22.2. The fourth-order valence-electron chi connectivity index (χ4n) is 9.07. The summed E-state index contributed by atoms with van der Waals surface area (Å²) in [6.45, 7) is 2.00. The van der Waals surface area contributed by atoms with Gasteiger partial charge >= 0.3 is 6.03 Å². The lowest BCUT2D eigenvalue weighted by atomic mass is 9.48. The summed E-state index contributed by atoms with van der Waals surface area (Å²) in [5.41, 5.74) is 4.93. The lowest BCUT2D eigenvalue weighted by molar-refractivity contribution is -0.122. The van der Waals surface area contributed by atoms with Crippen LogP contribution in [-0.4, -0.2) is 28.3 Å². The maximum absolute atomic E-state index is 13.8. The molecule has 4 aliphatic carbocycles. The van der Waals surface area contributed by atoms with E-state index in [-0.39, 0.29) is 23.4 Å². The largest absolute Gasteiger partial charge is 0.337 e. The minimum Gasteiger partial charge on any atom is -0.337 e. The van der Waals surface area contributed by atoms with E-state index in [2.05, 4.69) is 22.8 Å². The normalized spacial score (nSPS) is 26.2. The predicted molar refractivity (Wildman–Crippen MR) is 177 cm³/mol. The number of para-hydroxylation sites is 1. The van der Waals surface area contributed by atoms with E-state index >= 15 is 0 Å². The molecular weight excluding hydrogens is 576 g/mol.